The van der Waals surface area contributed by atoms with E-state index in [0.29, 0.717) is 34.8 Å². The molecule has 0 aliphatic rings. The summed E-state index contributed by atoms with van der Waals surface area (Å²) in [5.41, 5.74) is 9.13. The maximum absolute atomic E-state index is 12.7. The van der Waals surface area contributed by atoms with Gasteiger partial charge in [0.1, 0.15) is 11.3 Å². The first-order chi connectivity index (χ1) is 16.3. The fourth-order valence-corrected chi connectivity index (χ4v) is 3.76. The number of benzene rings is 1. The predicted molar refractivity (Wildman–Crippen MR) is 124 cm³/mol. The van der Waals surface area contributed by atoms with Crippen LogP contribution in [0.15, 0.2) is 53.3 Å². The number of hydrogen-bond acceptors (Lipinski definition) is 6. The summed E-state index contributed by atoms with van der Waals surface area (Å²) < 4.78 is 6.78. The zero-order chi connectivity index (χ0) is 24.2. The molecule has 34 heavy (non-hydrogen) atoms. The van der Waals surface area contributed by atoms with Gasteiger partial charge < -0.3 is 20.8 Å². The lowest BCUT2D eigenvalue weighted by Gasteiger charge is -2.13. The van der Waals surface area contributed by atoms with Crippen LogP contribution in [0, 0.1) is 13.8 Å². The molecule has 0 aliphatic carbocycles. The van der Waals surface area contributed by atoms with Gasteiger partial charge in [0.05, 0.1) is 30.3 Å². The number of fused-ring (bicyclic) bond motifs is 1. The maximum Gasteiger partial charge on any atom is 0.254 e. The SMILES string of the molecule is Cc1nc2c(C(N)=O)cnn2c(C)c1CCC(=O)Nc1ccccc1C(=O)NCc1ccco1. The lowest BCUT2D eigenvalue weighted by Crippen LogP contribution is -2.24. The number of nitrogens with one attached hydrogen (secondary N) is 2. The fourth-order valence-electron chi connectivity index (χ4n) is 3.76. The number of aromatic nitrogens is 3. The van der Waals surface area contributed by atoms with E-state index >= 15 is 0 Å². The van der Waals surface area contributed by atoms with E-state index < -0.39 is 5.91 Å². The van der Waals surface area contributed by atoms with E-state index in [1.807, 2.05) is 13.8 Å². The molecular weight excluding hydrogens is 436 g/mol. The van der Waals surface area contributed by atoms with E-state index in [9.17, 15) is 14.4 Å². The van der Waals surface area contributed by atoms with Gasteiger partial charge in [0, 0.05) is 17.8 Å². The number of carbonyl (C=O) groups excluding carboxylic acids is 3. The highest BCUT2D eigenvalue weighted by atomic mass is 16.3. The summed E-state index contributed by atoms with van der Waals surface area (Å²) in [7, 11) is 0. The molecule has 174 valence electrons. The van der Waals surface area contributed by atoms with E-state index in [0.717, 1.165) is 11.3 Å². The van der Waals surface area contributed by atoms with Crippen LogP contribution in [0.3, 0.4) is 0 Å². The van der Waals surface area contributed by atoms with Crippen LogP contribution in [0.25, 0.3) is 5.65 Å². The lowest BCUT2D eigenvalue weighted by atomic mass is 10.1. The second kappa shape index (κ2) is 9.57. The van der Waals surface area contributed by atoms with Crippen molar-refractivity contribution in [3.8, 4) is 0 Å². The Morgan fingerprint density at radius 1 is 1.09 bits per heavy atom. The number of nitrogens with two attached hydrogens (primary N) is 1. The van der Waals surface area contributed by atoms with Crippen molar-refractivity contribution in [1.29, 1.82) is 0 Å². The largest absolute Gasteiger partial charge is 0.467 e. The second-order valence-corrected chi connectivity index (χ2v) is 7.77. The van der Waals surface area contributed by atoms with Crippen LogP contribution in [-0.2, 0) is 17.8 Å². The van der Waals surface area contributed by atoms with Crippen LogP contribution in [0.4, 0.5) is 5.69 Å². The molecular formula is C24H24N6O4. The highest BCUT2D eigenvalue weighted by molar-refractivity contribution is 6.03. The van der Waals surface area contributed by atoms with Gasteiger partial charge in [-0.3, -0.25) is 14.4 Å². The van der Waals surface area contributed by atoms with Crippen molar-refractivity contribution < 1.29 is 18.8 Å². The Hall–Kier alpha value is -4.47. The Kier molecular flexibility index (Phi) is 6.39. The normalized spacial score (nSPS) is 10.9. The van der Waals surface area contributed by atoms with Gasteiger partial charge >= 0.3 is 0 Å². The monoisotopic (exact) mass is 460 g/mol. The molecule has 0 aliphatic heterocycles. The molecule has 0 saturated heterocycles. The number of para-hydroxylation sites is 1. The molecule has 0 saturated carbocycles. The first-order valence-corrected chi connectivity index (χ1v) is 10.7. The van der Waals surface area contributed by atoms with Crippen LogP contribution >= 0.6 is 0 Å². The van der Waals surface area contributed by atoms with Gasteiger partial charge in [-0.15, -0.1) is 0 Å². The molecule has 3 amide bonds. The molecule has 0 fully saturated rings. The van der Waals surface area contributed by atoms with Gasteiger partial charge in [0.15, 0.2) is 5.65 Å². The molecule has 0 spiro atoms. The second-order valence-electron chi connectivity index (χ2n) is 7.77. The summed E-state index contributed by atoms with van der Waals surface area (Å²) in [6.07, 6.45) is 3.50. The first kappa shape index (κ1) is 22.7. The average molecular weight is 460 g/mol. The molecule has 10 heteroatoms. The Bertz CT molecular complexity index is 1370. The minimum Gasteiger partial charge on any atom is -0.467 e. The van der Waals surface area contributed by atoms with Crippen molar-refractivity contribution in [2.24, 2.45) is 5.73 Å². The van der Waals surface area contributed by atoms with E-state index in [1.54, 1.807) is 40.9 Å². The predicted octanol–water partition coefficient (Wildman–Crippen LogP) is 2.54. The van der Waals surface area contributed by atoms with Crippen LogP contribution in [-0.4, -0.2) is 32.3 Å². The number of aryl methyl sites for hydroxylation is 2. The minimum absolute atomic E-state index is 0.168. The quantitative estimate of drug-likeness (QED) is 0.368. The van der Waals surface area contributed by atoms with E-state index in [-0.39, 0.29) is 30.3 Å². The van der Waals surface area contributed by atoms with Crippen LogP contribution in [0.5, 0.6) is 0 Å². The van der Waals surface area contributed by atoms with Gasteiger partial charge in [-0.1, -0.05) is 12.1 Å². The van der Waals surface area contributed by atoms with E-state index in [1.165, 1.54) is 12.5 Å². The smallest absolute Gasteiger partial charge is 0.254 e. The average Bonchev–Trinajstić information content (AvgIpc) is 3.47. The third-order valence-electron chi connectivity index (χ3n) is 5.53. The molecule has 0 atom stereocenters. The van der Waals surface area contributed by atoms with Crippen LogP contribution < -0.4 is 16.4 Å². The highest BCUT2D eigenvalue weighted by Crippen LogP contribution is 2.20. The number of furan rings is 1. The summed E-state index contributed by atoms with van der Waals surface area (Å²) in [5.74, 6) is -0.535. The van der Waals surface area contributed by atoms with E-state index in [4.69, 9.17) is 10.2 Å². The Morgan fingerprint density at radius 3 is 2.62 bits per heavy atom. The number of anilines is 1. The Balaban J connectivity index is 1.44. The molecule has 3 heterocycles. The lowest BCUT2D eigenvalue weighted by molar-refractivity contribution is -0.116. The van der Waals surface area contributed by atoms with Gasteiger partial charge in [0.2, 0.25) is 5.91 Å². The number of amides is 3. The zero-order valence-corrected chi connectivity index (χ0v) is 18.8. The molecule has 3 aromatic heterocycles. The zero-order valence-electron chi connectivity index (χ0n) is 18.8. The number of nitrogens with zero attached hydrogens (tertiary/aromatic N) is 3. The Morgan fingerprint density at radius 2 is 1.88 bits per heavy atom. The number of hydrogen-bond donors (Lipinski definition) is 3. The van der Waals surface area contributed by atoms with Crippen LogP contribution in [0.1, 0.15) is 49.8 Å². The van der Waals surface area contributed by atoms with Crippen molar-refractivity contribution in [3.05, 3.63) is 82.7 Å². The summed E-state index contributed by atoms with van der Waals surface area (Å²) in [6, 6.07) is 10.3. The molecule has 0 unspecified atom stereocenters. The summed E-state index contributed by atoms with van der Waals surface area (Å²) >= 11 is 0. The van der Waals surface area contributed by atoms with Crippen molar-refractivity contribution in [1.82, 2.24) is 19.9 Å². The van der Waals surface area contributed by atoms with Crippen molar-refractivity contribution in [3.63, 3.8) is 0 Å². The van der Waals surface area contributed by atoms with Crippen molar-refractivity contribution in [2.45, 2.75) is 33.2 Å². The van der Waals surface area contributed by atoms with Gasteiger partial charge in [-0.05, 0) is 50.1 Å². The van der Waals surface area contributed by atoms with Crippen molar-refractivity contribution in [2.75, 3.05) is 5.32 Å². The third-order valence-corrected chi connectivity index (χ3v) is 5.53. The van der Waals surface area contributed by atoms with Gasteiger partial charge in [-0.2, -0.15) is 5.10 Å². The Labute approximate surface area is 195 Å². The third kappa shape index (κ3) is 4.65. The number of primary amides is 1. The molecule has 4 rings (SSSR count). The first-order valence-electron chi connectivity index (χ1n) is 10.7. The van der Waals surface area contributed by atoms with Crippen molar-refractivity contribution >= 4 is 29.1 Å². The summed E-state index contributed by atoms with van der Waals surface area (Å²) in [5, 5.41) is 9.81. The highest BCUT2D eigenvalue weighted by Gasteiger charge is 2.18. The van der Waals surface area contributed by atoms with E-state index in [2.05, 4.69) is 20.7 Å². The minimum atomic E-state index is -0.597. The maximum atomic E-state index is 12.7. The number of carbonyl (C=O) groups is 3. The number of rotatable bonds is 8. The topological polar surface area (TPSA) is 145 Å². The molecule has 1 aromatic carbocycles. The molecule has 10 nitrogen and oxygen atoms in total. The molecule has 0 bridgehead atoms. The summed E-state index contributed by atoms with van der Waals surface area (Å²) in [4.78, 5) is 41.4. The molecule has 0 radical (unpaired) electrons. The summed E-state index contributed by atoms with van der Waals surface area (Å²) in [6.45, 7) is 3.91. The molecule has 4 aromatic rings. The van der Waals surface area contributed by atoms with Gasteiger partial charge in [-0.25, -0.2) is 9.50 Å². The van der Waals surface area contributed by atoms with Gasteiger partial charge in [0.25, 0.3) is 11.8 Å². The fraction of sp³-hybridized carbons (Fsp3) is 0.208. The standard InChI is InChI=1S/C24H24N6O4/c1-14-17(15(2)30-23(28-14)19(13-27-30)22(25)32)9-10-21(31)29-20-8-4-3-7-18(20)24(33)26-12-16-6-5-11-34-16/h3-8,11,13H,9-10,12H2,1-2H3,(H2,25,32)(H,26,33)(H,29,31). The molecule has 4 N–H and O–H groups in total. The van der Waals surface area contributed by atoms with Crippen LogP contribution in [0.2, 0.25) is 0 Å².